The van der Waals surface area contributed by atoms with Crippen LogP contribution in [0, 0.1) is 0 Å². The van der Waals surface area contributed by atoms with E-state index in [0.29, 0.717) is 26.2 Å². The molecule has 1 aliphatic rings. The van der Waals surface area contributed by atoms with E-state index in [2.05, 4.69) is 20.8 Å². The van der Waals surface area contributed by atoms with Crippen molar-refractivity contribution in [3.8, 4) is 5.75 Å². The second-order valence-corrected chi connectivity index (χ2v) is 9.82. The summed E-state index contributed by atoms with van der Waals surface area (Å²) in [6, 6.07) is 16.8. The number of rotatable bonds is 5. The van der Waals surface area contributed by atoms with Gasteiger partial charge in [0.05, 0.1) is 17.7 Å². The molecule has 0 N–H and O–H groups in total. The molecule has 0 bridgehead atoms. The molecule has 1 fully saturated rings. The van der Waals surface area contributed by atoms with Crippen molar-refractivity contribution in [2.75, 3.05) is 38.2 Å². The van der Waals surface area contributed by atoms with Gasteiger partial charge in [-0.3, -0.25) is 4.79 Å². The van der Waals surface area contributed by atoms with E-state index in [4.69, 9.17) is 9.15 Å². The zero-order chi connectivity index (χ0) is 22.0. The van der Waals surface area contributed by atoms with Crippen molar-refractivity contribution in [3.63, 3.8) is 0 Å². The lowest BCUT2D eigenvalue weighted by atomic mass is 10.2. The van der Waals surface area contributed by atoms with E-state index in [-0.39, 0.29) is 21.7 Å². The van der Waals surface area contributed by atoms with Crippen LogP contribution < -0.4 is 9.64 Å². The number of ether oxygens (including phenoxy) is 1. The molecular formula is C22H21BrN2O5S. The van der Waals surface area contributed by atoms with Gasteiger partial charge in [0.2, 0.25) is 14.9 Å². The largest absolute Gasteiger partial charge is 0.495 e. The van der Waals surface area contributed by atoms with Gasteiger partial charge in [-0.05, 0) is 48.5 Å². The fourth-order valence-electron chi connectivity index (χ4n) is 3.51. The van der Waals surface area contributed by atoms with Gasteiger partial charge in [0.1, 0.15) is 5.75 Å². The van der Waals surface area contributed by atoms with Crippen molar-refractivity contribution >= 4 is 37.4 Å². The Morgan fingerprint density at radius 2 is 1.65 bits per heavy atom. The van der Waals surface area contributed by atoms with Gasteiger partial charge in [0, 0.05) is 30.7 Å². The molecule has 0 aliphatic carbocycles. The van der Waals surface area contributed by atoms with Crippen LogP contribution in [0.1, 0.15) is 10.6 Å². The maximum atomic E-state index is 12.9. The summed E-state index contributed by atoms with van der Waals surface area (Å²) in [5.41, 5.74) is 0.984. The van der Waals surface area contributed by atoms with Gasteiger partial charge < -0.3 is 19.0 Å². The Bertz CT molecular complexity index is 1180. The number of halogens is 1. The predicted octanol–water partition coefficient (Wildman–Crippen LogP) is 3.85. The Kier molecular flexibility index (Phi) is 6.06. The van der Waals surface area contributed by atoms with E-state index < -0.39 is 9.84 Å². The molecule has 0 saturated carbocycles. The van der Waals surface area contributed by atoms with Crippen LogP contribution in [-0.2, 0) is 9.84 Å². The minimum absolute atomic E-state index is 0.0152. The topological polar surface area (TPSA) is 80.1 Å². The van der Waals surface area contributed by atoms with Crippen molar-refractivity contribution in [2.24, 2.45) is 0 Å². The monoisotopic (exact) mass is 504 g/mol. The summed E-state index contributed by atoms with van der Waals surface area (Å²) in [4.78, 5) is 16.8. The molecule has 2 heterocycles. The third kappa shape index (κ3) is 4.33. The molecule has 31 heavy (non-hydrogen) atoms. The van der Waals surface area contributed by atoms with Crippen LogP contribution in [0.5, 0.6) is 5.75 Å². The van der Waals surface area contributed by atoms with Gasteiger partial charge in [-0.25, -0.2) is 8.42 Å². The summed E-state index contributed by atoms with van der Waals surface area (Å²) in [5, 5.41) is -0.245. The summed E-state index contributed by atoms with van der Waals surface area (Å²) in [6.07, 6.45) is 0. The SMILES string of the molecule is COc1ccccc1N1CCN(C(=O)c2ccc(S(=O)(=O)c3ccc(Br)cc3)o2)CC1. The maximum absolute atomic E-state index is 12.9. The normalized spacial score (nSPS) is 14.5. The second-order valence-electron chi connectivity index (χ2n) is 7.03. The number of benzene rings is 2. The van der Waals surface area contributed by atoms with Gasteiger partial charge >= 0.3 is 0 Å². The molecule has 0 spiro atoms. The van der Waals surface area contributed by atoms with Crippen LogP contribution >= 0.6 is 15.9 Å². The number of hydrogen-bond donors (Lipinski definition) is 0. The van der Waals surface area contributed by atoms with Crippen molar-refractivity contribution in [1.29, 1.82) is 0 Å². The first-order valence-electron chi connectivity index (χ1n) is 9.68. The molecule has 0 atom stereocenters. The smallest absolute Gasteiger partial charge is 0.289 e. The molecule has 0 radical (unpaired) electrons. The molecule has 1 amide bonds. The Morgan fingerprint density at radius 1 is 0.968 bits per heavy atom. The minimum atomic E-state index is -3.83. The molecule has 162 valence electrons. The third-order valence-electron chi connectivity index (χ3n) is 5.17. The minimum Gasteiger partial charge on any atom is -0.495 e. The first kappa shape index (κ1) is 21.5. The Morgan fingerprint density at radius 3 is 2.32 bits per heavy atom. The quantitative estimate of drug-likeness (QED) is 0.524. The molecule has 3 aromatic rings. The van der Waals surface area contributed by atoms with Crippen LogP contribution in [0.2, 0.25) is 0 Å². The van der Waals surface area contributed by atoms with Gasteiger partial charge in [-0.15, -0.1) is 0 Å². The highest BCUT2D eigenvalue weighted by Crippen LogP contribution is 2.29. The number of nitrogens with zero attached hydrogens (tertiary/aromatic N) is 2. The highest BCUT2D eigenvalue weighted by atomic mass is 79.9. The number of methoxy groups -OCH3 is 1. The van der Waals surface area contributed by atoms with Gasteiger partial charge in [0.15, 0.2) is 5.76 Å². The van der Waals surface area contributed by atoms with E-state index in [0.717, 1.165) is 15.9 Å². The number of carbonyl (C=O) groups excluding carboxylic acids is 1. The van der Waals surface area contributed by atoms with E-state index in [1.54, 1.807) is 24.1 Å². The molecule has 9 heteroatoms. The summed E-state index contributed by atoms with van der Waals surface area (Å²) in [7, 11) is -2.20. The number of piperazine rings is 1. The van der Waals surface area contributed by atoms with E-state index >= 15 is 0 Å². The first-order chi connectivity index (χ1) is 14.9. The molecule has 1 aliphatic heterocycles. The molecule has 7 nitrogen and oxygen atoms in total. The number of sulfone groups is 1. The number of furan rings is 1. The van der Waals surface area contributed by atoms with E-state index in [1.165, 1.54) is 24.3 Å². The molecule has 2 aromatic carbocycles. The fourth-order valence-corrected chi connectivity index (χ4v) is 4.94. The second kappa shape index (κ2) is 8.76. The first-order valence-corrected chi connectivity index (χ1v) is 12.0. The summed E-state index contributed by atoms with van der Waals surface area (Å²) >= 11 is 3.28. The van der Waals surface area contributed by atoms with Crippen LogP contribution in [0.3, 0.4) is 0 Å². The summed E-state index contributed by atoms with van der Waals surface area (Å²) in [6.45, 7) is 2.26. The lowest BCUT2D eigenvalue weighted by Gasteiger charge is -2.36. The van der Waals surface area contributed by atoms with Gasteiger partial charge in [-0.1, -0.05) is 28.1 Å². The Labute approximate surface area is 189 Å². The lowest BCUT2D eigenvalue weighted by molar-refractivity contribution is 0.0709. The van der Waals surface area contributed by atoms with Crippen molar-refractivity contribution < 1.29 is 22.4 Å². The average Bonchev–Trinajstić information content (AvgIpc) is 3.30. The van der Waals surface area contributed by atoms with Crippen LogP contribution in [0.4, 0.5) is 5.69 Å². The fraction of sp³-hybridized carbons (Fsp3) is 0.227. The van der Waals surface area contributed by atoms with Crippen molar-refractivity contribution in [1.82, 2.24) is 4.90 Å². The van der Waals surface area contributed by atoms with Crippen molar-refractivity contribution in [3.05, 3.63) is 70.9 Å². The zero-order valence-electron chi connectivity index (χ0n) is 16.8. The number of anilines is 1. The number of para-hydroxylation sites is 2. The number of amides is 1. The number of hydrogen-bond acceptors (Lipinski definition) is 6. The van der Waals surface area contributed by atoms with Crippen LogP contribution in [-0.4, -0.2) is 52.5 Å². The predicted molar refractivity (Wildman–Crippen MR) is 119 cm³/mol. The van der Waals surface area contributed by atoms with Crippen LogP contribution in [0.25, 0.3) is 0 Å². The van der Waals surface area contributed by atoms with Gasteiger partial charge in [-0.2, -0.15) is 0 Å². The van der Waals surface area contributed by atoms with E-state index in [1.807, 2.05) is 24.3 Å². The van der Waals surface area contributed by atoms with Crippen LogP contribution in [0.15, 0.2) is 79.5 Å². The standard InChI is InChI=1S/C22H21BrN2O5S/c1-29-19-5-3-2-4-18(19)24-12-14-25(15-13-24)22(26)20-10-11-21(30-20)31(27,28)17-8-6-16(23)7-9-17/h2-11H,12-15H2,1H3. The zero-order valence-corrected chi connectivity index (χ0v) is 19.2. The average molecular weight is 505 g/mol. The highest BCUT2D eigenvalue weighted by Gasteiger charge is 2.28. The molecule has 1 saturated heterocycles. The lowest BCUT2D eigenvalue weighted by Crippen LogP contribution is -2.48. The van der Waals surface area contributed by atoms with E-state index in [9.17, 15) is 13.2 Å². The highest BCUT2D eigenvalue weighted by molar-refractivity contribution is 9.10. The van der Waals surface area contributed by atoms with Crippen molar-refractivity contribution in [2.45, 2.75) is 9.99 Å². The molecular weight excluding hydrogens is 484 g/mol. The Balaban J connectivity index is 1.46. The number of carbonyl (C=O) groups is 1. The summed E-state index contributed by atoms with van der Waals surface area (Å²) in [5.74, 6) is 0.481. The Hall–Kier alpha value is -2.78. The maximum Gasteiger partial charge on any atom is 0.289 e. The van der Waals surface area contributed by atoms with Gasteiger partial charge in [0.25, 0.3) is 5.91 Å². The molecule has 4 rings (SSSR count). The summed E-state index contributed by atoms with van der Waals surface area (Å²) < 4.78 is 37.2. The third-order valence-corrected chi connectivity index (χ3v) is 7.34. The molecule has 1 aromatic heterocycles. The molecule has 0 unspecified atom stereocenters.